The van der Waals surface area contributed by atoms with Crippen molar-refractivity contribution in [3.63, 3.8) is 0 Å². The summed E-state index contributed by atoms with van der Waals surface area (Å²) < 4.78 is 0. The van der Waals surface area contributed by atoms with E-state index in [9.17, 15) is 5.21 Å². The maximum atomic E-state index is 11.0. The molecule has 0 amide bonds. The van der Waals surface area contributed by atoms with Crippen molar-refractivity contribution in [2.45, 2.75) is 116 Å². The number of nitrogens with zero attached hydrogens (tertiary/aromatic N) is 1. The summed E-state index contributed by atoms with van der Waals surface area (Å²) in [6.07, 6.45) is 17.9. The highest BCUT2D eigenvalue weighted by molar-refractivity contribution is 4.55. The van der Waals surface area contributed by atoms with E-state index in [1.54, 1.807) is 0 Å². The second kappa shape index (κ2) is 14.4. The van der Waals surface area contributed by atoms with Gasteiger partial charge in [0.05, 0.1) is 0 Å². The van der Waals surface area contributed by atoms with E-state index in [-0.39, 0.29) is 0 Å². The van der Waals surface area contributed by atoms with Crippen molar-refractivity contribution in [1.82, 2.24) is 0 Å². The van der Waals surface area contributed by atoms with Gasteiger partial charge in [0.15, 0.2) is 6.04 Å². The number of rotatable bonds is 16. The molecule has 0 heterocycles. The molecule has 2 N–H and O–H groups in total. The molecule has 22 heavy (non-hydrogen) atoms. The summed E-state index contributed by atoms with van der Waals surface area (Å²) in [6, 6.07) is -0.590. The Bertz CT molecular complexity index is 229. The Morgan fingerprint density at radius 2 is 1.05 bits per heavy atom. The lowest BCUT2D eigenvalue weighted by Crippen LogP contribution is -2.44. The molecule has 1 atom stereocenters. The standard InChI is InChI=1S/C18H39NO3/c1-3-5-6-7-8-9-10-11-12-13-14-15-16-17-18(4-2)19(20,21)22/h18,20-21H,3-17H2,1-2H3. The number of hydroxylamine groups is 3. The van der Waals surface area contributed by atoms with Crippen LogP contribution in [0.15, 0.2) is 0 Å². The van der Waals surface area contributed by atoms with Crippen molar-refractivity contribution in [2.75, 3.05) is 0 Å². The maximum Gasteiger partial charge on any atom is 0.151 e. The van der Waals surface area contributed by atoms with Gasteiger partial charge in [0.25, 0.3) is 0 Å². The predicted octanol–water partition coefficient (Wildman–Crippen LogP) is 6.34. The van der Waals surface area contributed by atoms with Crippen LogP contribution in [-0.2, 0) is 0 Å². The van der Waals surface area contributed by atoms with Gasteiger partial charge in [0.2, 0.25) is 0 Å². The van der Waals surface area contributed by atoms with Gasteiger partial charge >= 0.3 is 0 Å². The summed E-state index contributed by atoms with van der Waals surface area (Å²) >= 11 is 0. The van der Waals surface area contributed by atoms with Gasteiger partial charge in [-0.05, 0) is 6.42 Å². The Hall–Kier alpha value is -0.160. The monoisotopic (exact) mass is 317 g/mol. The van der Waals surface area contributed by atoms with Crippen molar-refractivity contribution in [1.29, 1.82) is 0 Å². The van der Waals surface area contributed by atoms with E-state index in [0.717, 1.165) is 12.8 Å². The molecule has 1 unspecified atom stereocenters. The third kappa shape index (κ3) is 13.5. The second-order valence-corrected chi connectivity index (χ2v) is 6.68. The van der Waals surface area contributed by atoms with Crippen molar-refractivity contribution in [2.24, 2.45) is 0 Å². The Morgan fingerprint density at radius 3 is 1.36 bits per heavy atom. The lowest BCUT2D eigenvalue weighted by Gasteiger charge is -2.32. The van der Waals surface area contributed by atoms with E-state index in [2.05, 4.69) is 6.92 Å². The summed E-state index contributed by atoms with van der Waals surface area (Å²) in [5.41, 5.74) is 0. The van der Waals surface area contributed by atoms with Gasteiger partial charge in [0.1, 0.15) is 0 Å². The maximum absolute atomic E-state index is 11.0. The molecular formula is C18H39NO3. The molecular weight excluding hydrogens is 278 g/mol. The Kier molecular flexibility index (Phi) is 14.3. The van der Waals surface area contributed by atoms with Crippen LogP contribution in [0.4, 0.5) is 0 Å². The van der Waals surface area contributed by atoms with Gasteiger partial charge in [0, 0.05) is 12.8 Å². The molecule has 0 rings (SSSR count). The normalized spacial score (nSPS) is 13.5. The summed E-state index contributed by atoms with van der Waals surface area (Å²) in [5, 5.41) is 29.0. The number of hydrogen-bond donors (Lipinski definition) is 2. The zero-order chi connectivity index (χ0) is 16.7. The zero-order valence-corrected chi connectivity index (χ0v) is 14.9. The smallest absolute Gasteiger partial charge is 0.151 e. The van der Waals surface area contributed by atoms with Crippen molar-refractivity contribution in [3.05, 3.63) is 5.21 Å². The fourth-order valence-corrected chi connectivity index (χ4v) is 3.01. The van der Waals surface area contributed by atoms with E-state index >= 15 is 0 Å². The first-order valence-electron chi connectivity index (χ1n) is 9.57. The van der Waals surface area contributed by atoms with E-state index in [0.29, 0.717) is 12.8 Å². The molecule has 0 fully saturated rings. The summed E-state index contributed by atoms with van der Waals surface area (Å²) in [6.45, 7) is 4.08. The van der Waals surface area contributed by atoms with Crippen LogP contribution in [0, 0.1) is 5.21 Å². The number of quaternary nitrogens is 1. The van der Waals surface area contributed by atoms with Crippen LogP contribution in [0.5, 0.6) is 0 Å². The van der Waals surface area contributed by atoms with Gasteiger partial charge in [-0.2, -0.15) is 10.4 Å². The molecule has 0 aliphatic carbocycles. The largest absolute Gasteiger partial charge is 0.564 e. The SMILES string of the molecule is CCCCCCCCCCCCCCCC(CC)[N+]([O-])(O)O. The topological polar surface area (TPSA) is 63.5 Å². The third-order valence-electron chi connectivity index (χ3n) is 4.59. The molecule has 0 aromatic carbocycles. The molecule has 0 aromatic rings. The Morgan fingerprint density at radius 1 is 0.682 bits per heavy atom. The van der Waals surface area contributed by atoms with E-state index in [1.807, 2.05) is 6.92 Å². The highest BCUT2D eigenvalue weighted by Crippen LogP contribution is 2.17. The van der Waals surface area contributed by atoms with E-state index in [4.69, 9.17) is 10.4 Å². The second-order valence-electron chi connectivity index (χ2n) is 6.68. The Balaban J connectivity index is 3.24. The fourth-order valence-electron chi connectivity index (χ4n) is 3.01. The number of hydrogen-bond acceptors (Lipinski definition) is 3. The zero-order valence-electron chi connectivity index (χ0n) is 14.9. The van der Waals surface area contributed by atoms with E-state index < -0.39 is 11.0 Å². The first-order valence-corrected chi connectivity index (χ1v) is 9.57. The molecule has 0 bridgehead atoms. The quantitative estimate of drug-likeness (QED) is 0.198. The molecule has 0 aromatic heterocycles. The van der Waals surface area contributed by atoms with Crippen LogP contribution < -0.4 is 0 Å². The summed E-state index contributed by atoms with van der Waals surface area (Å²) in [7, 11) is 0. The summed E-state index contributed by atoms with van der Waals surface area (Å²) in [4.78, 5) is -2.12. The van der Waals surface area contributed by atoms with Crippen LogP contribution in [0.25, 0.3) is 0 Å². The average molecular weight is 318 g/mol. The molecule has 134 valence electrons. The van der Waals surface area contributed by atoms with Crippen LogP contribution in [0.2, 0.25) is 0 Å². The first kappa shape index (κ1) is 21.8. The first-order chi connectivity index (χ1) is 10.5. The van der Waals surface area contributed by atoms with Crippen LogP contribution >= 0.6 is 0 Å². The molecule has 0 spiro atoms. The molecule has 0 saturated carbocycles. The summed E-state index contributed by atoms with van der Waals surface area (Å²) in [5.74, 6) is 0. The third-order valence-corrected chi connectivity index (χ3v) is 4.59. The Labute approximate surface area is 137 Å². The van der Waals surface area contributed by atoms with Gasteiger partial charge in [-0.25, -0.2) is 0 Å². The van der Waals surface area contributed by atoms with Gasteiger partial charge in [-0.15, -0.1) is 0 Å². The fraction of sp³-hybridized carbons (Fsp3) is 1.00. The highest BCUT2D eigenvalue weighted by Gasteiger charge is 2.23. The molecule has 4 heteroatoms. The minimum absolute atomic E-state index is 0.509. The minimum atomic E-state index is -2.12. The average Bonchev–Trinajstić information content (AvgIpc) is 2.46. The lowest BCUT2D eigenvalue weighted by atomic mass is 10.0. The van der Waals surface area contributed by atoms with E-state index in [1.165, 1.54) is 70.6 Å². The van der Waals surface area contributed by atoms with Crippen molar-refractivity contribution < 1.29 is 15.4 Å². The van der Waals surface area contributed by atoms with Crippen LogP contribution in [0.1, 0.15) is 110 Å². The lowest BCUT2D eigenvalue weighted by molar-refractivity contribution is -1.23. The molecule has 0 aliphatic rings. The van der Waals surface area contributed by atoms with Gasteiger partial charge in [-0.1, -0.05) is 95.9 Å². The molecule has 0 saturated heterocycles. The van der Waals surface area contributed by atoms with Gasteiger partial charge < -0.3 is 5.21 Å². The highest BCUT2D eigenvalue weighted by atomic mass is 17.1. The van der Waals surface area contributed by atoms with Crippen molar-refractivity contribution in [3.8, 4) is 0 Å². The molecule has 0 radical (unpaired) electrons. The number of unbranched alkanes of at least 4 members (excludes halogenated alkanes) is 12. The van der Waals surface area contributed by atoms with Gasteiger partial charge in [-0.3, -0.25) is 0 Å². The van der Waals surface area contributed by atoms with Crippen LogP contribution in [-0.4, -0.2) is 21.4 Å². The van der Waals surface area contributed by atoms with Crippen LogP contribution in [0.3, 0.4) is 0 Å². The molecule has 4 nitrogen and oxygen atoms in total. The minimum Gasteiger partial charge on any atom is -0.564 e. The predicted molar refractivity (Wildman–Crippen MR) is 91.6 cm³/mol. The van der Waals surface area contributed by atoms with Crippen molar-refractivity contribution >= 4 is 0 Å². The molecule has 0 aliphatic heterocycles.